The lowest BCUT2D eigenvalue weighted by Crippen LogP contribution is -2.30. The number of nitrogens with one attached hydrogen (secondary N) is 1. The molecular weight excluding hydrogens is 219 g/mol. The van der Waals surface area contributed by atoms with Crippen LogP contribution in [0.15, 0.2) is 12.4 Å². The molecule has 1 aromatic heterocycles. The lowest BCUT2D eigenvalue weighted by atomic mass is 10.1. The third kappa shape index (κ3) is 4.22. The number of hydrogen-bond acceptors (Lipinski definition) is 2. The summed E-state index contributed by atoms with van der Waals surface area (Å²) in [5.74, 6) is 0.793. The smallest absolute Gasteiger partial charge is 0.338 e. The van der Waals surface area contributed by atoms with E-state index in [2.05, 4.69) is 10.3 Å². The second kappa shape index (κ2) is 5.34. The maximum atomic E-state index is 12.1. The highest BCUT2D eigenvalue weighted by Gasteiger charge is 2.28. The largest absolute Gasteiger partial charge is 0.389 e. The van der Waals surface area contributed by atoms with Crippen LogP contribution in [0.1, 0.15) is 18.7 Å². The molecular formula is C10H16F3N3. The maximum absolute atomic E-state index is 12.1. The van der Waals surface area contributed by atoms with Gasteiger partial charge in [0.25, 0.3) is 0 Å². The molecule has 0 saturated heterocycles. The van der Waals surface area contributed by atoms with E-state index < -0.39 is 12.6 Å². The Bertz CT molecular complexity index is 319. The molecule has 0 aliphatic carbocycles. The Morgan fingerprint density at radius 1 is 1.50 bits per heavy atom. The SMILES string of the molecule is CNC(CCC(F)(F)F)Cc1nccn1C. The van der Waals surface area contributed by atoms with E-state index in [-0.39, 0.29) is 12.5 Å². The average Bonchev–Trinajstić information content (AvgIpc) is 2.57. The Labute approximate surface area is 92.7 Å². The standard InChI is InChI=1S/C10H16F3N3/c1-14-8(3-4-10(11,12)13)7-9-15-5-6-16(9)2/h5-6,8,14H,3-4,7H2,1-2H3. The van der Waals surface area contributed by atoms with Crippen LogP contribution < -0.4 is 5.32 Å². The highest BCUT2D eigenvalue weighted by molar-refractivity contribution is 4.94. The van der Waals surface area contributed by atoms with Crippen molar-refractivity contribution in [3.8, 4) is 0 Å². The van der Waals surface area contributed by atoms with Crippen LogP contribution in [0.5, 0.6) is 0 Å². The molecule has 1 unspecified atom stereocenters. The van der Waals surface area contributed by atoms with E-state index in [1.54, 1.807) is 19.4 Å². The summed E-state index contributed by atoms with van der Waals surface area (Å²) in [6.07, 6.45) is -0.833. The molecule has 0 fully saturated rings. The summed E-state index contributed by atoms with van der Waals surface area (Å²) in [6, 6.07) is -0.192. The Balaban J connectivity index is 2.47. The molecule has 0 saturated carbocycles. The van der Waals surface area contributed by atoms with Gasteiger partial charge in [-0.05, 0) is 13.5 Å². The van der Waals surface area contributed by atoms with E-state index in [1.165, 1.54) is 0 Å². The number of alkyl halides is 3. The number of halogens is 3. The molecule has 92 valence electrons. The highest BCUT2D eigenvalue weighted by atomic mass is 19.4. The molecule has 1 N–H and O–H groups in total. The number of rotatable bonds is 5. The van der Waals surface area contributed by atoms with Gasteiger partial charge in [0.1, 0.15) is 5.82 Å². The van der Waals surface area contributed by atoms with Gasteiger partial charge < -0.3 is 9.88 Å². The average molecular weight is 235 g/mol. The summed E-state index contributed by atoms with van der Waals surface area (Å²) >= 11 is 0. The second-order valence-corrected chi connectivity index (χ2v) is 3.80. The monoisotopic (exact) mass is 235 g/mol. The molecule has 0 radical (unpaired) electrons. The fourth-order valence-corrected chi connectivity index (χ4v) is 1.50. The number of likely N-dealkylation sites (N-methyl/N-ethyl adjacent to an activating group) is 1. The van der Waals surface area contributed by atoms with Crippen LogP contribution in [0.25, 0.3) is 0 Å². The van der Waals surface area contributed by atoms with Crippen LogP contribution in [0.2, 0.25) is 0 Å². The number of aryl methyl sites for hydroxylation is 1. The number of imidazole rings is 1. The van der Waals surface area contributed by atoms with Gasteiger partial charge in [0.2, 0.25) is 0 Å². The van der Waals surface area contributed by atoms with Crippen LogP contribution in [0, 0.1) is 0 Å². The van der Waals surface area contributed by atoms with Gasteiger partial charge in [-0.2, -0.15) is 13.2 Å². The van der Waals surface area contributed by atoms with E-state index in [0.29, 0.717) is 6.42 Å². The van der Waals surface area contributed by atoms with Crippen LogP contribution in [0.4, 0.5) is 13.2 Å². The molecule has 0 aliphatic heterocycles. The van der Waals surface area contributed by atoms with Crippen molar-refractivity contribution in [2.75, 3.05) is 7.05 Å². The van der Waals surface area contributed by atoms with Gasteiger partial charge in [-0.15, -0.1) is 0 Å². The predicted molar refractivity (Wildman–Crippen MR) is 55.0 cm³/mol. The zero-order valence-corrected chi connectivity index (χ0v) is 9.38. The number of hydrogen-bond donors (Lipinski definition) is 1. The van der Waals surface area contributed by atoms with Crippen LogP contribution >= 0.6 is 0 Å². The molecule has 1 atom stereocenters. The van der Waals surface area contributed by atoms with Crippen molar-refractivity contribution in [3.63, 3.8) is 0 Å². The third-order valence-corrected chi connectivity index (χ3v) is 2.53. The van der Waals surface area contributed by atoms with Crippen LogP contribution in [-0.2, 0) is 13.5 Å². The molecule has 3 nitrogen and oxygen atoms in total. The summed E-state index contributed by atoms with van der Waals surface area (Å²) < 4.78 is 38.0. The van der Waals surface area contributed by atoms with Crippen molar-refractivity contribution in [2.45, 2.75) is 31.5 Å². The van der Waals surface area contributed by atoms with Gasteiger partial charge in [-0.25, -0.2) is 4.98 Å². The van der Waals surface area contributed by atoms with Crippen molar-refractivity contribution in [2.24, 2.45) is 7.05 Å². The molecule has 0 bridgehead atoms. The third-order valence-electron chi connectivity index (χ3n) is 2.53. The molecule has 1 heterocycles. The van der Waals surface area contributed by atoms with Crippen molar-refractivity contribution in [1.29, 1.82) is 0 Å². The lowest BCUT2D eigenvalue weighted by molar-refractivity contribution is -0.136. The van der Waals surface area contributed by atoms with Crippen LogP contribution in [-0.4, -0.2) is 28.8 Å². The van der Waals surface area contributed by atoms with Crippen molar-refractivity contribution in [3.05, 3.63) is 18.2 Å². The molecule has 0 aromatic carbocycles. The van der Waals surface area contributed by atoms with E-state index in [0.717, 1.165) is 5.82 Å². The highest BCUT2D eigenvalue weighted by Crippen LogP contribution is 2.22. The van der Waals surface area contributed by atoms with E-state index >= 15 is 0 Å². The van der Waals surface area contributed by atoms with Crippen molar-refractivity contribution >= 4 is 0 Å². The zero-order chi connectivity index (χ0) is 12.2. The van der Waals surface area contributed by atoms with E-state index in [9.17, 15) is 13.2 Å². The topological polar surface area (TPSA) is 29.9 Å². The number of aromatic nitrogens is 2. The van der Waals surface area contributed by atoms with E-state index in [1.807, 2.05) is 11.6 Å². The molecule has 0 amide bonds. The fraction of sp³-hybridized carbons (Fsp3) is 0.700. The van der Waals surface area contributed by atoms with Gasteiger partial charge in [0.05, 0.1) is 0 Å². The Kier molecular flexibility index (Phi) is 4.35. The van der Waals surface area contributed by atoms with Gasteiger partial charge >= 0.3 is 6.18 Å². The molecule has 0 spiro atoms. The van der Waals surface area contributed by atoms with E-state index in [4.69, 9.17) is 0 Å². The first-order valence-electron chi connectivity index (χ1n) is 5.12. The van der Waals surface area contributed by atoms with Gasteiger partial charge in [-0.1, -0.05) is 0 Å². The second-order valence-electron chi connectivity index (χ2n) is 3.80. The molecule has 0 aliphatic rings. The molecule has 16 heavy (non-hydrogen) atoms. The summed E-state index contributed by atoms with van der Waals surface area (Å²) in [5, 5.41) is 2.89. The van der Waals surface area contributed by atoms with Gasteiger partial charge in [0, 0.05) is 38.3 Å². The van der Waals surface area contributed by atoms with Gasteiger partial charge in [-0.3, -0.25) is 0 Å². The Morgan fingerprint density at radius 3 is 2.62 bits per heavy atom. The van der Waals surface area contributed by atoms with Crippen molar-refractivity contribution < 1.29 is 13.2 Å². The molecule has 1 rings (SSSR count). The maximum Gasteiger partial charge on any atom is 0.389 e. The minimum absolute atomic E-state index is 0.0763. The van der Waals surface area contributed by atoms with Crippen molar-refractivity contribution in [1.82, 2.24) is 14.9 Å². The minimum atomic E-state index is -4.09. The first kappa shape index (κ1) is 13.0. The first-order chi connectivity index (χ1) is 7.42. The quantitative estimate of drug-likeness (QED) is 0.844. The normalized spacial score (nSPS) is 14.1. The molecule has 1 aromatic rings. The first-order valence-corrected chi connectivity index (χ1v) is 5.12. The summed E-state index contributed by atoms with van der Waals surface area (Å²) in [7, 11) is 3.50. The minimum Gasteiger partial charge on any atom is -0.338 e. The summed E-state index contributed by atoms with van der Waals surface area (Å²) in [6.45, 7) is 0. The Morgan fingerprint density at radius 2 is 2.19 bits per heavy atom. The molecule has 6 heteroatoms. The fourth-order valence-electron chi connectivity index (χ4n) is 1.50. The Hall–Kier alpha value is -1.04. The van der Waals surface area contributed by atoms with Crippen LogP contribution in [0.3, 0.4) is 0 Å². The number of nitrogens with zero attached hydrogens (tertiary/aromatic N) is 2. The lowest BCUT2D eigenvalue weighted by Gasteiger charge is -2.16. The van der Waals surface area contributed by atoms with Gasteiger partial charge in [0.15, 0.2) is 0 Å². The summed E-state index contributed by atoms with van der Waals surface area (Å²) in [4.78, 5) is 4.09. The summed E-state index contributed by atoms with van der Waals surface area (Å²) in [5.41, 5.74) is 0. The predicted octanol–water partition coefficient (Wildman–Crippen LogP) is 1.89. The zero-order valence-electron chi connectivity index (χ0n) is 9.38.